The van der Waals surface area contributed by atoms with Crippen LogP contribution in [-0.2, 0) is 5.41 Å². The molecule has 0 spiro atoms. The number of non-ortho nitro benzene ring substituents is 1. The van der Waals surface area contributed by atoms with Gasteiger partial charge in [0.2, 0.25) is 0 Å². The Balaban J connectivity index is 2.31. The van der Waals surface area contributed by atoms with Gasteiger partial charge in [0, 0.05) is 12.1 Å². The van der Waals surface area contributed by atoms with Crippen molar-refractivity contribution in [3.8, 4) is 0 Å². The smallest absolute Gasteiger partial charge is 0.258 e. The summed E-state index contributed by atoms with van der Waals surface area (Å²) in [5.41, 5.74) is 1.48. The Morgan fingerprint density at radius 1 is 1.25 bits per heavy atom. The minimum atomic E-state index is -0.310. The molecule has 1 saturated carbocycles. The van der Waals surface area contributed by atoms with Crippen molar-refractivity contribution in [1.82, 2.24) is 0 Å². The second kappa shape index (κ2) is 4.24. The molecule has 86 valence electrons. The average molecular weight is 219 g/mol. The number of nitrogens with zero attached hydrogens (tertiary/aromatic N) is 1. The van der Waals surface area contributed by atoms with E-state index in [1.54, 1.807) is 18.2 Å². The summed E-state index contributed by atoms with van der Waals surface area (Å²) in [5.74, 6) is 0. The summed E-state index contributed by atoms with van der Waals surface area (Å²) < 4.78 is 0. The van der Waals surface area contributed by atoms with Crippen molar-refractivity contribution in [2.75, 3.05) is 0 Å². The number of benzene rings is 1. The van der Waals surface area contributed by atoms with Crippen molar-refractivity contribution in [3.63, 3.8) is 0 Å². The summed E-state index contributed by atoms with van der Waals surface area (Å²) in [5, 5.41) is 10.7. The SMILES string of the molecule is CC1(c2cccc([N+](=O)[O-])c2)CCCCC1. The van der Waals surface area contributed by atoms with Crippen molar-refractivity contribution in [2.24, 2.45) is 0 Å². The maximum absolute atomic E-state index is 10.7. The van der Waals surface area contributed by atoms with Crippen LogP contribution in [0.5, 0.6) is 0 Å². The average Bonchev–Trinajstić information content (AvgIpc) is 2.30. The van der Waals surface area contributed by atoms with Crippen LogP contribution < -0.4 is 0 Å². The number of rotatable bonds is 2. The van der Waals surface area contributed by atoms with Gasteiger partial charge < -0.3 is 0 Å². The van der Waals surface area contributed by atoms with Crippen LogP contribution in [-0.4, -0.2) is 4.92 Å². The third-order valence-electron chi connectivity index (χ3n) is 3.71. The summed E-state index contributed by atoms with van der Waals surface area (Å²) in [6, 6.07) is 7.13. The normalized spacial score (nSPS) is 19.3. The van der Waals surface area contributed by atoms with Gasteiger partial charge in [-0.15, -0.1) is 0 Å². The summed E-state index contributed by atoms with van der Waals surface area (Å²) in [6.45, 7) is 2.23. The van der Waals surface area contributed by atoms with Crippen molar-refractivity contribution < 1.29 is 4.92 Å². The van der Waals surface area contributed by atoms with E-state index in [2.05, 4.69) is 6.92 Å². The fraction of sp³-hybridized carbons (Fsp3) is 0.538. The van der Waals surface area contributed by atoms with Gasteiger partial charge in [-0.1, -0.05) is 38.3 Å². The predicted octanol–water partition coefficient (Wildman–Crippen LogP) is 3.82. The molecule has 0 aliphatic heterocycles. The molecule has 3 nitrogen and oxygen atoms in total. The van der Waals surface area contributed by atoms with Gasteiger partial charge in [0.05, 0.1) is 4.92 Å². The first kappa shape index (κ1) is 11.1. The zero-order valence-electron chi connectivity index (χ0n) is 9.61. The molecule has 0 atom stereocenters. The van der Waals surface area contributed by atoms with Crippen molar-refractivity contribution in [3.05, 3.63) is 39.9 Å². The molecule has 1 aliphatic rings. The van der Waals surface area contributed by atoms with E-state index in [4.69, 9.17) is 0 Å². The zero-order chi connectivity index (χ0) is 11.6. The van der Waals surface area contributed by atoms with Gasteiger partial charge >= 0.3 is 0 Å². The summed E-state index contributed by atoms with van der Waals surface area (Å²) in [7, 11) is 0. The Morgan fingerprint density at radius 3 is 2.56 bits per heavy atom. The molecular formula is C13H17NO2. The first-order chi connectivity index (χ1) is 7.62. The van der Waals surface area contributed by atoms with Crippen LogP contribution >= 0.6 is 0 Å². The number of hydrogen-bond acceptors (Lipinski definition) is 2. The number of nitro groups is 1. The molecule has 1 aromatic carbocycles. The Bertz CT molecular complexity index is 395. The fourth-order valence-corrected chi connectivity index (χ4v) is 2.62. The highest BCUT2D eigenvalue weighted by atomic mass is 16.6. The lowest BCUT2D eigenvalue weighted by Gasteiger charge is -2.33. The molecule has 0 bridgehead atoms. The molecular weight excluding hydrogens is 202 g/mol. The van der Waals surface area contributed by atoms with Crippen LogP contribution in [0.15, 0.2) is 24.3 Å². The van der Waals surface area contributed by atoms with Crippen molar-refractivity contribution in [1.29, 1.82) is 0 Å². The maximum atomic E-state index is 10.7. The molecule has 0 amide bonds. The minimum Gasteiger partial charge on any atom is -0.258 e. The van der Waals surface area contributed by atoms with Gasteiger partial charge in [-0.25, -0.2) is 0 Å². The van der Waals surface area contributed by atoms with E-state index in [-0.39, 0.29) is 16.0 Å². The molecule has 1 fully saturated rings. The quantitative estimate of drug-likeness (QED) is 0.560. The first-order valence-corrected chi connectivity index (χ1v) is 5.87. The Kier molecular flexibility index (Phi) is 2.95. The standard InChI is InChI=1S/C13H17NO2/c1-13(8-3-2-4-9-13)11-6-5-7-12(10-11)14(15)16/h5-7,10H,2-4,8-9H2,1H3. The third kappa shape index (κ3) is 2.08. The van der Waals surface area contributed by atoms with Crippen LogP contribution in [0.2, 0.25) is 0 Å². The van der Waals surface area contributed by atoms with E-state index in [0.717, 1.165) is 18.4 Å². The maximum Gasteiger partial charge on any atom is 0.269 e. The first-order valence-electron chi connectivity index (χ1n) is 5.87. The highest BCUT2D eigenvalue weighted by Gasteiger charge is 2.29. The van der Waals surface area contributed by atoms with E-state index >= 15 is 0 Å². The molecule has 16 heavy (non-hydrogen) atoms. The molecule has 3 heteroatoms. The topological polar surface area (TPSA) is 43.1 Å². The van der Waals surface area contributed by atoms with Crippen LogP contribution in [0, 0.1) is 10.1 Å². The van der Waals surface area contributed by atoms with E-state index < -0.39 is 0 Å². The summed E-state index contributed by atoms with van der Waals surface area (Å²) in [4.78, 5) is 10.4. The Morgan fingerprint density at radius 2 is 1.94 bits per heavy atom. The largest absolute Gasteiger partial charge is 0.269 e. The van der Waals surface area contributed by atoms with Crippen LogP contribution in [0.25, 0.3) is 0 Å². The van der Waals surface area contributed by atoms with E-state index in [1.807, 2.05) is 6.07 Å². The molecule has 0 aromatic heterocycles. The monoisotopic (exact) mass is 219 g/mol. The van der Waals surface area contributed by atoms with E-state index in [0.29, 0.717) is 0 Å². The number of nitro benzene ring substituents is 1. The van der Waals surface area contributed by atoms with Crippen LogP contribution in [0.3, 0.4) is 0 Å². The molecule has 0 radical (unpaired) electrons. The molecule has 0 heterocycles. The van der Waals surface area contributed by atoms with Crippen molar-refractivity contribution >= 4 is 5.69 Å². The van der Waals surface area contributed by atoms with E-state index in [1.165, 1.54) is 19.3 Å². The molecule has 2 rings (SSSR count). The highest BCUT2D eigenvalue weighted by molar-refractivity contribution is 5.38. The second-order valence-corrected chi connectivity index (χ2v) is 4.93. The lowest BCUT2D eigenvalue weighted by molar-refractivity contribution is -0.385. The van der Waals surface area contributed by atoms with Gasteiger partial charge in [-0.05, 0) is 23.8 Å². The van der Waals surface area contributed by atoms with Gasteiger partial charge in [0.15, 0.2) is 0 Å². The minimum absolute atomic E-state index is 0.143. The summed E-state index contributed by atoms with van der Waals surface area (Å²) >= 11 is 0. The lowest BCUT2D eigenvalue weighted by atomic mass is 9.71. The van der Waals surface area contributed by atoms with Gasteiger partial charge in [-0.2, -0.15) is 0 Å². The summed E-state index contributed by atoms with van der Waals surface area (Å²) in [6.07, 6.45) is 6.06. The number of hydrogen-bond donors (Lipinski definition) is 0. The van der Waals surface area contributed by atoms with Gasteiger partial charge in [0.1, 0.15) is 0 Å². The third-order valence-corrected chi connectivity index (χ3v) is 3.71. The van der Waals surface area contributed by atoms with Crippen molar-refractivity contribution in [2.45, 2.75) is 44.4 Å². The molecule has 1 aliphatic carbocycles. The van der Waals surface area contributed by atoms with Crippen LogP contribution in [0.1, 0.15) is 44.6 Å². The Hall–Kier alpha value is -1.38. The lowest BCUT2D eigenvalue weighted by Crippen LogP contribution is -2.24. The molecule has 0 saturated heterocycles. The van der Waals surface area contributed by atoms with Crippen LogP contribution in [0.4, 0.5) is 5.69 Å². The van der Waals surface area contributed by atoms with E-state index in [9.17, 15) is 10.1 Å². The molecule has 0 N–H and O–H groups in total. The fourth-order valence-electron chi connectivity index (χ4n) is 2.62. The molecule has 1 aromatic rings. The molecule has 0 unspecified atom stereocenters. The Labute approximate surface area is 95.6 Å². The highest BCUT2D eigenvalue weighted by Crippen LogP contribution is 2.39. The zero-order valence-corrected chi connectivity index (χ0v) is 9.61. The predicted molar refractivity (Wildman–Crippen MR) is 63.5 cm³/mol. The van der Waals surface area contributed by atoms with Gasteiger partial charge in [0.25, 0.3) is 5.69 Å². The van der Waals surface area contributed by atoms with Gasteiger partial charge in [-0.3, -0.25) is 10.1 Å². The second-order valence-electron chi connectivity index (χ2n) is 4.93.